The van der Waals surface area contributed by atoms with Crippen molar-refractivity contribution in [2.45, 2.75) is 44.3 Å². The highest BCUT2D eigenvalue weighted by atomic mass is 15.3. The average Bonchev–Trinajstić information content (AvgIpc) is 3.00. The minimum atomic E-state index is 0.758. The van der Waals surface area contributed by atoms with Crippen LogP contribution >= 0.6 is 0 Å². The molecule has 1 aliphatic heterocycles. The molecular weight excluding hydrogens is 186 g/mol. The molecule has 0 amide bonds. The summed E-state index contributed by atoms with van der Waals surface area (Å²) >= 11 is 0. The maximum absolute atomic E-state index is 3.26. The van der Waals surface area contributed by atoms with Gasteiger partial charge in [-0.2, -0.15) is 0 Å². The Balaban J connectivity index is 1.87. The summed E-state index contributed by atoms with van der Waals surface area (Å²) in [4.78, 5) is 5.28. The average molecular weight is 211 g/mol. The van der Waals surface area contributed by atoms with Gasteiger partial charge in [0.1, 0.15) is 0 Å². The van der Waals surface area contributed by atoms with Gasteiger partial charge in [0, 0.05) is 31.2 Å². The first kappa shape index (κ1) is 11.4. The maximum atomic E-state index is 3.26. The van der Waals surface area contributed by atoms with Crippen molar-refractivity contribution >= 4 is 0 Å². The van der Waals surface area contributed by atoms with Crippen LogP contribution in [-0.4, -0.2) is 61.7 Å². The largest absolute Gasteiger partial charge is 0.320 e. The van der Waals surface area contributed by atoms with Crippen molar-refractivity contribution in [3.8, 4) is 0 Å². The summed E-state index contributed by atoms with van der Waals surface area (Å²) in [6, 6.07) is 2.44. The molecule has 0 aromatic heterocycles. The smallest absolute Gasteiger partial charge is 0.0233 e. The molecule has 0 spiro atoms. The fourth-order valence-corrected chi connectivity index (χ4v) is 2.77. The second-order valence-electron chi connectivity index (χ2n) is 5.26. The van der Waals surface area contributed by atoms with Gasteiger partial charge in [-0.25, -0.2) is 0 Å². The highest BCUT2D eigenvalue weighted by Crippen LogP contribution is 2.31. The van der Waals surface area contributed by atoms with E-state index in [1.54, 1.807) is 0 Å². The van der Waals surface area contributed by atoms with E-state index in [-0.39, 0.29) is 0 Å². The molecule has 1 heterocycles. The molecule has 15 heavy (non-hydrogen) atoms. The molecule has 0 aromatic carbocycles. The minimum absolute atomic E-state index is 0.758. The van der Waals surface area contributed by atoms with Gasteiger partial charge in [0.05, 0.1) is 0 Å². The summed E-state index contributed by atoms with van der Waals surface area (Å²) in [6.45, 7) is 6.04. The van der Waals surface area contributed by atoms with E-state index in [0.29, 0.717) is 0 Å². The summed E-state index contributed by atoms with van der Waals surface area (Å²) in [5.41, 5.74) is 0. The molecule has 88 valence electrons. The third-order valence-electron chi connectivity index (χ3n) is 3.91. The summed E-state index contributed by atoms with van der Waals surface area (Å²) in [5, 5.41) is 3.26. The van der Waals surface area contributed by atoms with Gasteiger partial charge in [-0.3, -0.25) is 4.90 Å². The van der Waals surface area contributed by atoms with Crippen molar-refractivity contribution in [3.05, 3.63) is 0 Å². The number of nitrogens with zero attached hydrogens (tertiary/aromatic N) is 2. The van der Waals surface area contributed by atoms with Crippen LogP contribution < -0.4 is 5.32 Å². The zero-order valence-electron chi connectivity index (χ0n) is 10.4. The number of piperazine rings is 1. The number of nitrogens with one attached hydrogen (secondary N) is 1. The predicted octanol–water partition coefficient (Wildman–Crippen LogP) is 0.763. The van der Waals surface area contributed by atoms with Crippen molar-refractivity contribution in [1.29, 1.82) is 0 Å². The summed E-state index contributed by atoms with van der Waals surface area (Å²) in [7, 11) is 4.32. The van der Waals surface area contributed by atoms with E-state index in [4.69, 9.17) is 0 Å². The van der Waals surface area contributed by atoms with E-state index in [0.717, 1.165) is 24.7 Å². The van der Waals surface area contributed by atoms with Crippen LogP contribution in [0.25, 0.3) is 0 Å². The third-order valence-corrected chi connectivity index (χ3v) is 3.91. The second-order valence-corrected chi connectivity index (χ2v) is 5.26. The van der Waals surface area contributed by atoms with Crippen LogP contribution in [-0.2, 0) is 0 Å². The summed E-state index contributed by atoms with van der Waals surface area (Å²) < 4.78 is 0. The molecule has 1 saturated carbocycles. The van der Waals surface area contributed by atoms with Crippen LogP contribution in [0.2, 0.25) is 0 Å². The van der Waals surface area contributed by atoms with Crippen molar-refractivity contribution in [1.82, 2.24) is 15.1 Å². The predicted molar refractivity (Wildman–Crippen MR) is 64.2 cm³/mol. The molecule has 1 aliphatic carbocycles. The fourth-order valence-electron chi connectivity index (χ4n) is 2.77. The number of likely N-dealkylation sites (N-methyl/N-ethyl adjacent to an activating group) is 1. The van der Waals surface area contributed by atoms with E-state index < -0.39 is 0 Å². The van der Waals surface area contributed by atoms with Crippen LogP contribution in [0.4, 0.5) is 0 Å². The second kappa shape index (κ2) is 4.81. The Kier molecular flexibility index (Phi) is 3.65. The summed E-state index contributed by atoms with van der Waals surface area (Å²) in [6.07, 6.45) is 4.16. The molecule has 0 aromatic rings. The van der Waals surface area contributed by atoms with Gasteiger partial charge < -0.3 is 10.2 Å². The lowest BCUT2D eigenvalue weighted by molar-refractivity contribution is 0.0433. The molecule has 2 atom stereocenters. The first-order valence-electron chi connectivity index (χ1n) is 6.33. The van der Waals surface area contributed by atoms with Crippen molar-refractivity contribution < 1.29 is 0 Å². The van der Waals surface area contributed by atoms with Gasteiger partial charge in [-0.05, 0) is 46.8 Å². The number of hydrogen-bond donors (Lipinski definition) is 1. The van der Waals surface area contributed by atoms with E-state index in [9.17, 15) is 0 Å². The Morgan fingerprint density at radius 3 is 2.60 bits per heavy atom. The monoisotopic (exact) mass is 211 g/mol. The van der Waals surface area contributed by atoms with Gasteiger partial charge in [-0.15, -0.1) is 0 Å². The third kappa shape index (κ3) is 2.71. The molecule has 2 fully saturated rings. The Labute approximate surface area is 93.8 Å². The molecule has 1 N–H and O–H groups in total. The lowest BCUT2D eigenvalue weighted by atomic mass is 10.1. The van der Waals surface area contributed by atoms with Gasteiger partial charge in [0.2, 0.25) is 0 Å². The van der Waals surface area contributed by atoms with Gasteiger partial charge in [-0.1, -0.05) is 0 Å². The van der Waals surface area contributed by atoms with Gasteiger partial charge >= 0.3 is 0 Å². The lowest BCUT2D eigenvalue weighted by Gasteiger charge is -2.44. The highest BCUT2D eigenvalue weighted by Gasteiger charge is 2.37. The first-order valence-corrected chi connectivity index (χ1v) is 6.33. The molecule has 0 bridgehead atoms. The van der Waals surface area contributed by atoms with E-state index in [1.165, 1.54) is 32.4 Å². The quantitative estimate of drug-likeness (QED) is 0.741. The molecule has 2 rings (SSSR count). The Hall–Kier alpha value is -0.120. The zero-order valence-corrected chi connectivity index (χ0v) is 10.4. The zero-order chi connectivity index (χ0) is 10.8. The summed E-state index contributed by atoms with van der Waals surface area (Å²) in [5.74, 6) is 0. The molecule has 3 nitrogen and oxygen atoms in total. The molecule has 1 saturated heterocycles. The molecule has 0 radical (unpaired) electrons. The SMILES string of the molecule is CNCCC1CN(C2CC2)C(C)CN1C. The molecule has 2 unspecified atom stereocenters. The van der Waals surface area contributed by atoms with Gasteiger partial charge in [0.25, 0.3) is 0 Å². The van der Waals surface area contributed by atoms with Gasteiger partial charge in [0.15, 0.2) is 0 Å². The van der Waals surface area contributed by atoms with Crippen LogP contribution in [0.5, 0.6) is 0 Å². The Morgan fingerprint density at radius 2 is 2.00 bits per heavy atom. The van der Waals surface area contributed by atoms with E-state index in [2.05, 4.69) is 29.1 Å². The maximum Gasteiger partial charge on any atom is 0.0233 e. The van der Waals surface area contributed by atoms with E-state index >= 15 is 0 Å². The molecule has 3 heteroatoms. The lowest BCUT2D eigenvalue weighted by Crippen LogP contribution is -2.57. The molecular formula is C12H25N3. The normalized spacial score (nSPS) is 34.6. The van der Waals surface area contributed by atoms with Crippen molar-refractivity contribution in [2.75, 3.05) is 33.7 Å². The van der Waals surface area contributed by atoms with Crippen molar-refractivity contribution in [3.63, 3.8) is 0 Å². The number of hydrogen-bond acceptors (Lipinski definition) is 3. The van der Waals surface area contributed by atoms with Crippen LogP contribution in [0, 0.1) is 0 Å². The van der Waals surface area contributed by atoms with Crippen LogP contribution in [0.15, 0.2) is 0 Å². The topological polar surface area (TPSA) is 18.5 Å². The van der Waals surface area contributed by atoms with Crippen molar-refractivity contribution in [2.24, 2.45) is 0 Å². The fraction of sp³-hybridized carbons (Fsp3) is 1.00. The first-order chi connectivity index (χ1) is 7.22. The van der Waals surface area contributed by atoms with Crippen LogP contribution in [0.3, 0.4) is 0 Å². The standard InChI is InChI=1S/C12H25N3/c1-10-8-14(3)12(6-7-13-2)9-15(10)11-4-5-11/h10-13H,4-9H2,1-3H3. The Bertz CT molecular complexity index is 203. The highest BCUT2D eigenvalue weighted by molar-refractivity contribution is 4.94. The molecule has 2 aliphatic rings. The Morgan fingerprint density at radius 1 is 1.27 bits per heavy atom. The minimum Gasteiger partial charge on any atom is -0.320 e. The van der Waals surface area contributed by atoms with E-state index in [1.807, 2.05) is 7.05 Å². The van der Waals surface area contributed by atoms with Crippen LogP contribution in [0.1, 0.15) is 26.2 Å². The number of rotatable bonds is 4.